The highest BCUT2D eigenvalue weighted by Crippen LogP contribution is 2.18. The average molecular weight is 877 g/mol. The van der Waals surface area contributed by atoms with Gasteiger partial charge in [0, 0.05) is 19.3 Å². The standard InChI is InChI=1S/C56H108O6/c1-6-8-9-10-11-12-13-14-15-16-17-18-21-24-27-30-36-41-46-54(57)60-49-53(50-61-55(58)47-42-37-33-32-35-40-45-52(5)7-2)62-56(59)48-43-38-31-28-25-22-19-20-23-26-29-34-39-44-51(3)4/h51-53H,6-50H2,1-5H3/t52?,53-/m1/s1. The highest BCUT2D eigenvalue weighted by Gasteiger charge is 2.19. The van der Waals surface area contributed by atoms with Crippen LogP contribution >= 0.6 is 0 Å². The Morgan fingerprint density at radius 1 is 0.339 bits per heavy atom. The molecule has 0 fully saturated rings. The third kappa shape index (κ3) is 47.9. The molecule has 0 bridgehead atoms. The maximum atomic E-state index is 12.8. The van der Waals surface area contributed by atoms with Crippen molar-refractivity contribution < 1.29 is 28.6 Å². The van der Waals surface area contributed by atoms with Crippen LogP contribution in [0, 0.1) is 11.8 Å². The topological polar surface area (TPSA) is 78.9 Å². The first-order chi connectivity index (χ1) is 30.3. The molecule has 0 aromatic heterocycles. The fourth-order valence-electron chi connectivity index (χ4n) is 8.49. The molecule has 368 valence electrons. The number of carbonyl (C=O) groups excluding carboxylic acids is 3. The van der Waals surface area contributed by atoms with Gasteiger partial charge in [-0.3, -0.25) is 14.4 Å². The molecule has 0 aromatic rings. The van der Waals surface area contributed by atoms with Crippen molar-refractivity contribution in [3.8, 4) is 0 Å². The molecule has 0 aliphatic rings. The van der Waals surface area contributed by atoms with Gasteiger partial charge >= 0.3 is 17.9 Å². The van der Waals surface area contributed by atoms with Crippen molar-refractivity contribution >= 4 is 17.9 Å². The molecule has 6 nitrogen and oxygen atoms in total. The molecule has 62 heavy (non-hydrogen) atoms. The fraction of sp³-hybridized carbons (Fsp3) is 0.946. The summed E-state index contributed by atoms with van der Waals surface area (Å²) in [4.78, 5) is 38.0. The van der Waals surface area contributed by atoms with Gasteiger partial charge in [-0.1, -0.05) is 272 Å². The zero-order valence-electron chi connectivity index (χ0n) is 42.5. The van der Waals surface area contributed by atoms with Crippen molar-refractivity contribution in [2.45, 2.75) is 317 Å². The summed E-state index contributed by atoms with van der Waals surface area (Å²) in [5, 5.41) is 0. The predicted octanol–water partition coefficient (Wildman–Crippen LogP) is 18.1. The lowest BCUT2D eigenvalue weighted by atomic mass is 10.00. The first kappa shape index (κ1) is 60.4. The normalized spacial score (nSPS) is 12.5. The lowest BCUT2D eigenvalue weighted by molar-refractivity contribution is -0.167. The van der Waals surface area contributed by atoms with Crippen LogP contribution in [-0.4, -0.2) is 37.2 Å². The highest BCUT2D eigenvalue weighted by molar-refractivity contribution is 5.71. The summed E-state index contributed by atoms with van der Waals surface area (Å²) < 4.78 is 16.8. The van der Waals surface area contributed by atoms with Crippen molar-refractivity contribution in [3.05, 3.63) is 0 Å². The number of esters is 3. The number of carbonyl (C=O) groups is 3. The van der Waals surface area contributed by atoms with E-state index in [2.05, 4.69) is 34.6 Å². The molecule has 0 N–H and O–H groups in total. The Labute approximate surface area is 387 Å². The smallest absolute Gasteiger partial charge is 0.306 e. The summed E-state index contributed by atoms with van der Waals surface area (Å²) >= 11 is 0. The minimum atomic E-state index is -0.763. The molecule has 0 aliphatic heterocycles. The monoisotopic (exact) mass is 877 g/mol. The number of ether oxygens (including phenoxy) is 3. The Morgan fingerprint density at radius 3 is 0.919 bits per heavy atom. The predicted molar refractivity (Wildman–Crippen MR) is 266 cm³/mol. The van der Waals surface area contributed by atoms with Crippen LogP contribution in [0.1, 0.15) is 311 Å². The van der Waals surface area contributed by atoms with Crippen molar-refractivity contribution in [3.63, 3.8) is 0 Å². The largest absolute Gasteiger partial charge is 0.462 e. The van der Waals surface area contributed by atoms with Gasteiger partial charge in [0.1, 0.15) is 13.2 Å². The second-order valence-corrected chi connectivity index (χ2v) is 19.9. The Kier molecular flexibility index (Phi) is 47.6. The van der Waals surface area contributed by atoms with E-state index >= 15 is 0 Å². The van der Waals surface area contributed by atoms with E-state index in [4.69, 9.17) is 14.2 Å². The second kappa shape index (κ2) is 48.9. The van der Waals surface area contributed by atoms with E-state index in [1.165, 1.54) is 199 Å². The summed E-state index contributed by atoms with van der Waals surface area (Å²) in [7, 11) is 0. The van der Waals surface area contributed by atoms with Crippen LogP contribution < -0.4 is 0 Å². The molecule has 0 saturated carbocycles. The van der Waals surface area contributed by atoms with Crippen LogP contribution in [0.5, 0.6) is 0 Å². The number of rotatable bonds is 50. The van der Waals surface area contributed by atoms with E-state index in [9.17, 15) is 14.4 Å². The molecule has 0 heterocycles. The summed E-state index contributed by atoms with van der Waals surface area (Å²) in [5.41, 5.74) is 0. The lowest BCUT2D eigenvalue weighted by Gasteiger charge is -2.18. The van der Waals surface area contributed by atoms with Gasteiger partial charge in [-0.2, -0.15) is 0 Å². The summed E-state index contributed by atoms with van der Waals surface area (Å²) in [6.07, 6.45) is 51.0. The van der Waals surface area contributed by atoms with Gasteiger partial charge < -0.3 is 14.2 Å². The highest BCUT2D eigenvalue weighted by atomic mass is 16.6. The van der Waals surface area contributed by atoms with Gasteiger partial charge in [-0.25, -0.2) is 0 Å². The average Bonchev–Trinajstić information content (AvgIpc) is 3.26. The van der Waals surface area contributed by atoms with Crippen LogP contribution in [0.4, 0.5) is 0 Å². The maximum Gasteiger partial charge on any atom is 0.306 e. The molecule has 0 aromatic carbocycles. The van der Waals surface area contributed by atoms with E-state index in [0.29, 0.717) is 19.3 Å². The Morgan fingerprint density at radius 2 is 0.613 bits per heavy atom. The molecule has 6 heteroatoms. The van der Waals surface area contributed by atoms with E-state index in [-0.39, 0.29) is 31.1 Å². The van der Waals surface area contributed by atoms with Crippen LogP contribution in [0.25, 0.3) is 0 Å². The number of hydrogen-bond donors (Lipinski definition) is 0. The van der Waals surface area contributed by atoms with Crippen molar-refractivity contribution in [1.29, 1.82) is 0 Å². The Hall–Kier alpha value is -1.59. The van der Waals surface area contributed by atoms with Gasteiger partial charge in [-0.05, 0) is 31.1 Å². The molecule has 1 unspecified atom stereocenters. The van der Waals surface area contributed by atoms with Crippen LogP contribution in [0.2, 0.25) is 0 Å². The van der Waals surface area contributed by atoms with Gasteiger partial charge in [0.05, 0.1) is 0 Å². The Bertz CT molecular complexity index is 949. The van der Waals surface area contributed by atoms with Crippen molar-refractivity contribution in [1.82, 2.24) is 0 Å². The quantitative estimate of drug-likeness (QED) is 0.0344. The first-order valence-electron chi connectivity index (χ1n) is 27.8. The molecular weight excluding hydrogens is 769 g/mol. The lowest BCUT2D eigenvalue weighted by Crippen LogP contribution is -2.30. The zero-order valence-corrected chi connectivity index (χ0v) is 42.5. The molecule has 2 atom stereocenters. The molecule has 0 saturated heterocycles. The molecule has 0 rings (SSSR count). The molecular formula is C56H108O6. The van der Waals surface area contributed by atoms with Crippen molar-refractivity contribution in [2.75, 3.05) is 13.2 Å². The van der Waals surface area contributed by atoms with Crippen LogP contribution in [-0.2, 0) is 28.6 Å². The minimum Gasteiger partial charge on any atom is -0.462 e. The van der Waals surface area contributed by atoms with Gasteiger partial charge in [0.2, 0.25) is 0 Å². The number of unbranched alkanes of at least 4 members (excludes halogenated alkanes) is 34. The maximum absolute atomic E-state index is 12.8. The van der Waals surface area contributed by atoms with Gasteiger partial charge in [-0.15, -0.1) is 0 Å². The van der Waals surface area contributed by atoms with Gasteiger partial charge in [0.15, 0.2) is 6.10 Å². The third-order valence-electron chi connectivity index (χ3n) is 13.1. The second-order valence-electron chi connectivity index (χ2n) is 19.9. The minimum absolute atomic E-state index is 0.0638. The van der Waals surface area contributed by atoms with Crippen LogP contribution in [0.15, 0.2) is 0 Å². The Balaban J connectivity index is 4.26. The van der Waals surface area contributed by atoms with E-state index < -0.39 is 6.10 Å². The molecule has 0 spiro atoms. The number of hydrogen-bond acceptors (Lipinski definition) is 6. The molecule has 0 amide bonds. The zero-order chi connectivity index (χ0) is 45.4. The van der Waals surface area contributed by atoms with E-state index in [1.807, 2.05) is 0 Å². The van der Waals surface area contributed by atoms with Crippen molar-refractivity contribution in [2.24, 2.45) is 11.8 Å². The van der Waals surface area contributed by atoms with Gasteiger partial charge in [0.25, 0.3) is 0 Å². The first-order valence-corrected chi connectivity index (χ1v) is 27.8. The molecule has 0 radical (unpaired) electrons. The third-order valence-corrected chi connectivity index (χ3v) is 13.1. The fourth-order valence-corrected chi connectivity index (χ4v) is 8.49. The SMILES string of the molecule is CCCCCCCCCCCCCCCCCCCCC(=O)OC[C@H](COC(=O)CCCCCCCCC(C)CC)OC(=O)CCCCCCCCCCCCCCCC(C)C. The van der Waals surface area contributed by atoms with E-state index in [1.54, 1.807) is 0 Å². The summed E-state index contributed by atoms with van der Waals surface area (Å²) in [6.45, 7) is 11.4. The molecule has 0 aliphatic carbocycles. The summed E-state index contributed by atoms with van der Waals surface area (Å²) in [5.74, 6) is 0.806. The van der Waals surface area contributed by atoms with Crippen LogP contribution in [0.3, 0.4) is 0 Å². The van der Waals surface area contributed by atoms with E-state index in [0.717, 1.165) is 69.6 Å². The summed E-state index contributed by atoms with van der Waals surface area (Å²) in [6, 6.07) is 0.